The molecule has 1 heterocycles. The van der Waals surface area contributed by atoms with Crippen molar-refractivity contribution in [2.24, 2.45) is 5.92 Å². The van der Waals surface area contributed by atoms with Gasteiger partial charge in [-0.1, -0.05) is 32.0 Å². The van der Waals surface area contributed by atoms with Crippen molar-refractivity contribution in [1.29, 1.82) is 0 Å². The molecule has 2 atom stereocenters. The van der Waals surface area contributed by atoms with Crippen LogP contribution in [-0.4, -0.2) is 34.7 Å². The molecule has 0 aromatic heterocycles. The van der Waals surface area contributed by atoms with Crippen LogP contribution >= 0.6 is 0 Å². The zero-order valence-electron chi connectivity index (χ0n) is 11.7. The smallest absolute Gasteiger partial charge is 0.326 e. The van der Waals surface area contributed by atoms with Crippen LogP contribution in [0.3, 0.4) is 0 Å². The summed E-state index contributed by atoms with van der Waals surface area (Å²) in [7, 11) is 0. The second-order valence-electron chi connectivity index (χ2n) is 5.42. The lowest BCUT2D eigenvalue weighted by Gasteiger charge is -2.30. The number of carboxylic acids is 1. The van der Waals surface area contributed by atoms with Crippen LogP contribution in [0, 0.1) is 5.92 Å². The maximum absolute atomic E-state index is 11.4. The highest BCUT2D eigenvalue weighted by molar-refractivity contribution is 5.76. The first-order valence-corrected chi connectivity index (χ1v) is 6.73. The monoisotopic (exact) mass is 277 g/mol. The van der Waals surface area contributed by atoms with Crippen LogP contribution in [0.15, 0.2) is 24.3 Å². The van der Waals surface area contributed by atoms with E-state index in [-0.39, 0.29) is 5.92 Å². The average molecular weight is 277 g/mol. The zero-order chi connectivity index (χ0) is 14.7. The number of hydrogen-bond acceptors (Lipinski definition) is 3. The largest absolute Gasteiger partial charge is 0.480 e. The summed E-state index contributed by atoms with van der Waals surface area (Å²) in [6.45, 7) is 3.87. The minimum Gasteiger partial charge on any atom is -0.480 e. The number of ether oxygens (including phenoxy) is 1. The molecule has 0 fully saturated rings. The molecule has 2 unspecified atom stereocenters. The van der Waals surface area contributed by atoms with Gasteiger partial charge in [0.15, 0.2) is 6.23 Å². The summed E-state index contributed by atoms with van der Waals surface area (Å²) in [6.07, 6.45) is 0.975. The third-order valence-corrected chi connectivity index (χ3v) is 3.42. The Labute approximate surface area is 118 Å². The number of amides is 1. The van der Waals surface area contributed by atoms with Gasteiger partial charge in [-0.2, -0.15) is 0 Å². The molecule has 20 heavy (non-hydrogen) atoms. The Balaban J connectivity index is 2.17. The van der Waals surface area contributed by atoms with Crippen LogP contribution in [0.4, 0.5) is 0 Å². The fraction of sp³-hybridized carbons (Fsp3) is 0.467. The van der Waals surface area contributed by atoms with Crippen LogP contribution in [0.5, 0.6) is 5.75 Å². The standard InChI is InChI=1S/C15H19NO4/c1-10(2)7-12(15(18)19)16(9-17)14-8-11-5-3-4-6-13(11)20-14/h3-6,9-10,12,14H,7-8H2,1-2H3,(H,18,19). The SMILES string of the molecule is CC(C)CC(C(=O)O)N(C=O)C1Cc2ccccc2O1. The van der Waals surface area contributed by atoms with E-state index in [1.54, 1.807) is 0 Å². The van der Waals surface area contributed by atoms with E-state index in [1.165, 1.54) is 4.90 Å². The Morgan fingerprint density at radius 3 is 2.75 bits per heavy atom. The molecule has 5 heteroatoms. The Bertz CT molecular complexity index is 475. The number of para-hydroxylation sites is 1. The predicted octanol–water partition coefficient (Wildman–Crippen LogP) is 1.91. The van der Waals surface area contributed by atoms with Crippen molar-refractivity contribution < 1.29 is 19.4 Å². The first-order chi connectivity index (χ1) is 9.52. The van der Waals surface area contributed by atoms with E-state index in [0.29, 0.717) is 19.3 Å². The molecule has 1 amide bonds. The number of carbonyl (C=O) groups is 2. The van der Waals surface area contributed by atoms with Crippen LogP contribution < -0.4 is 4.74 Å². The highest BCUT2D eigenvalue weighted by atomic mass is 16.5. The zero-order valence-corrected chi connectivity index (χ0v) is 11.7. The average Bonchev–Trinajstić information content (AvgIpc) is 2.81. The highest BCUT2D eigenvalue weighted by Crippen LogP contribution is 2.30. The van der Waals surface area contributed by atoms with E-state index in [9.17, 15) is 14.7 Å². The molecule has 108 valence electrons. The summed E-state index contributed by atoms with van der Waals surface area (Å²) < 4.78 is 5.70. The number of fused-ring (bicyclic) bond motifs is 1. The third-order valence-electron chi connectivity index (χ3n) is 3.42. The van der Waals surface area contributed by atoms with Crippen molar-refractivity contribution in [2.45, 2.75) is 39.0 Å². The van der Waals surface area contributed by atoms with Crippen molar-refractivity contribution >= 4 is 12.4 Å². The van der Waals surface area contributed by atoms with Gasteiger partial charge in [-0.05, 0) is 24.0 Å². The van der Waals surface area contributed by atoms with Crippen LogP contribution in [0.25, 0.3) is 0 Å². The van der Waals surface area contributed by atoms with E-state index in [0.717, 1.165) is 11.3 Å². The lowest BCUT2D eigenvalue weighted by atomic mass is 10.0. The minimum absolute atomic E-state index is 0.183. The van der Waals surface area contributed by atoms with Crippen LogP contribution in [0.2, 0.25) is 0 Å². The van der Waals surface area contributed by atoms with Gasteiger partial charge in [0.05, 0.1) is 0 Å². The molecule has 2 rings (SSSR count). The van der Waals surface area contributed by atoms with E-state index < -0.39 is 18.2 Å². The summed E-state index contributed by atoms with van der Waals surface area (Å²) in [6, 6.07) is 6.66. The van der Waals surface area contributed by atoms with E-state index in [1.807, 2.05) is 38.1 Å². The lowest BCUT2D eigenvalue weighted by Crippen LogP contribution is -2.49. The van der Waals surface area contributed by atoms with Gasteiger partial charge in [-0.15, -0.1) is 0 Å². The minimum atomic E-state index is -0.995. The molecule has 0 bridgehead atoms. The second-order valence-corrected chi connectivity index (χ2v) is 5.42. The molecule has 1 aromatic carbocycles. The maximum atomic E-state index is 11.4. The van der Waals surface area contributed by atoms with E-state index >= 15 is 0 Å². The summed E-state index contributed by atoms with van der Waals surface area (Å²) in [4.78, 5) is 24.0. The summed E-state index contributed by atoms with van der Waals surface area (Å²) in [5, 5.41) is 9.34. The molecule has 1 aromatic rings. The first kappa shape index (κ1) is 14.4. The van der Waals surface area contributed by atoms with Crippen molar-refractivity contribution in [2.75, 3.05) is 0 Å². The van der Waals surface area contributed by atoms with Gasteiger partial charge in [-0.3, -0.25) is 9.69 Å². The summed E-state index contributed by atoms with van der Waals surface area (Å²) in [5.41, 5.74) is 0.998. The first-order valence-electron chi connectivity index (χ1n) is 6.73. The van der Waals surface area contributed by atoms with E-state index in [2.05, 4.69) is 0 Å². The predicted molar refractivity (Wildman–Crippen MR) is 73.3 cm³/mol. The summed E-state index contributed by atoms with van der Waals surface area (Å²) >= 11 is 0. The quantitative estimate of drug-likeness (QED) is 0.806. The molecule has 5 nitrogen and oxygen atoms in total. The summed E-state index contributed by atoms with van der Waals surface area (Å²) in [5.74, 6) is -0.0919. The molecule has 1 aliphatic heterocycles. The topological polar surface area (TPSA) is 66.8 Å². The van der Waals surface area contributed by atoms with Gasteiger partial charge in [0, 0.05) is 6.42 Å². The van der Waals surface area contributed by atoms with Crippen LogP contribution in [-0.2, 0) is 16.0 Å². The van der Waals surface area contributed by atoms with Gasteiger partial charge >= 0.3 is 5.97 Å². The number of carboxylic acid groups (broad SMARTS) is 1. The van der Waals surface area contributed by atoms with E-state index in [4.69, 9.17) is 4.74 Å². The van der Waals surface area contributed by atoms with Crippen molar-refractivity contribution in [3.63, 3.8) is 0 Å². The normalized spacial score (nSPS) is 18.2. The highest BCUT2D eigenvalue weighted by Gasteiger charge is 2.35. The molecular formula is C15H19NO4. The number of aliphatic carboxylic acids is 1. The third kappa shape index (κ3) is 2.92. The Morgan fingerprint density at radius 2 is 2.20 bits per heavy atom. The lowest BCUT2D eigenvalue weighted by molar-refractivity contribution is -0.152. The van der Waals surface area contributed by atoms with Gasteiger partial charge in [0.1, 0.15) is 11.8 Å². The van der Waals surface area contributed by atoms with Crippen molar-refractivity contribution in [1.82, 2.24) is 4.90 Å². The Kier molecular flexibility index (Phi) is 4.27. The molecule has 1 N–H and O–H groups in total. The molecule has 0 spiro atoms. The number of hydrogen-bond donors (Lipinski definition) is 1. The molecule has 0 saturated heterocycles. The van der Waals surface area contributed by atoms with Crippen molar-refractivity contribution in [3.8, 4) is 5.75 Å². The fourth-order valence-electron chi connectivity index (χ4n) is 2.47. The molecule has 1 aliphatic rings. The Hall–Kier alpha value is -2.04. The fourth-order valence-corrected chi connectivity index (χ4v) is 2.47. The van der Waals surface area contributed by atoms with Gasteiger partial charge in [0.25, 0.3) is 0 Å². The number of nitrogens with zero attached hydrogens (tertiary/aromatic N) is 1. The van der Waals surface area contributed by atoms with Gasteiger partial charge < -0.3 is 9.84 Å². The van der Waals surface area contributed by atoms with Crippen molar-refractivity contribution in [3.05, 3.63) is 29.8 Å². The van der Waals surface area contributed by atoms with Gasteiger partial charge in [-0.25, -0.2) is 4.79 Å². The maximum Gasteiger partial charge on any atom is 0.326 e. The van der Waals surface area contributed by atoms with Gasteiger partial charge in [0.2, 0.25) is 6.41 Å². The van der Waals surface area contributed by atoms with Crippen LogP contribution in [0.1, 0.15) is 25.8 Å². The molecular weight excluding hydrogens is 258 g/mol. The molecule has 0 radical (unpaired) electrons. The number of benzene rings is 1. The molecule has 0 saturated carbocycles. The molecule has 0 aliphatic carbocycles. The Morgan fingerprint density at radius 1 is 1.50 bits per heavy atom. The second kappa shape index (κ2) is 5.94. The number of rotatable bonds is 6. The number of carbonyl (C=O) groups excluding carboxylic acids is 1.